The van der Waals surface area contributed by atoms with E-state index in [1.54, 1.807) is 0 Å². The molecule has 22 heavy (non-hydrogen) atoms. The smallest absolute Gasteiger partial charge is 0.226 e. The number of rotatable bonds is 5. The van der Waals surface area contributed by atoms with Crippen LogP contribution in [0.4, 0.5) is 0 Å². The van der Waals surface area contributed by atoms with Crippen molar-refractivity contribution < 1.29 is 4.79 Å². The van der Waals surface area contributed by atoms with Gasteiger partial charge in [0.25, 0.3) is 0 Å². The second-order valence-electron chi connectivity index (χ2n) is 5.79. The lowest BCUT2D eigenvalue weighted by Gasteiger charge is -2.34. The summed E-state index contributed by atoms with van der Waals surface area (Å²) in [6.07, 6.45) is 2.02. The Labute approximate surface area is 143 Å². The fraction of sp³-hybridized carbons (Fsp3) is 0.588. The number of hydrogen-bond donors (Lipinski definition) is 0. The van der Waals surface area contributed by atoms with Gasteiger partial charge in [-0.15, -0.1) is 0 Å². The number of piperidine rings is 1. The normalized spacial score (nSPS) is 19.2. The first-order valence-corrected chi connectivity index (χ1v) is 8.76. The average molecular weight is 343 g/mol. The highest BCUT2D eigenvalue weighted by Crippen LogP contribution is 2.28. The highest BCUT2D eigenvalue weighted by molar-refractivity contribution is 6.35. The van der Waals surface area contributed by atoms with E-state index in [-0.39, 0.29) is 11.8 Å². The number of hydrogen-bond acceptors (Lipinski definition) is 2. The summed E-state index contributed by atoms with van der Waals surface area (Å²) in [4.78, 5) is 16.8. The zero-order valence-corrected chi connectivity index (χ0v) is 14.8. The van der Waals surface area contributed by atoms with E-state index < -0.39 is 0 Å². The van der Waals surface area contributed by atoms with Crippen LogP contribution in [0.15, 0.2) is 18.2 Å². The predicted octanol–water partition coefficient (Wildman–Crippen LogP) is 4.07. The fourth-order valence-corrected chi connectivity index (χ4v) is 3.62. The van der Waals surface area contributed by atoms with E-state index in [0.717, 1.165) is 44.6 Å². The number of nitrogens with zero attached hydrogens (tertiary/aromatic N) is 2. The third kappa shape index (κ3) is 4.15. The van der Waals surface area contributed by atoms with Gasteiger partial charge < -0.3 is 4.90 Å². The zero-order chi connectivity index (χ0) is 16.1. The van der Waals surface area contributed by atoms with Gasteiger partial charge in [-0.05, 0) is 45.4 Å². The van der Waals surface area contributed by atoms with E-state index in [9.17, 15) is 4.79 Å². The van der Waals surface area contributed by atoms with Crippen LogP contribution >= 0.6 is 23.2 Å². The summed E-state index contributed by atoms with van der Waals surface area (Å²) < 4.78 is 0. The van der Waals surface area contributed by atoms with Gasteiger partial charge in [-0.1, -0.05) is 29.3 Å². The maximum absolute atomic E-state index is 12.5. The molecule has 0 aliphatic carbocycles. The highest BCUT2D eigenvalue weighted by atomic mass is 35.5. The van der Waals surface area contributed by atoms with Gasteiger partial charge in [-0.2, -0.15) is 0 Å². The fourth-order valence-electron chi connectivity index (χ4n) is 3.10. The van der Waals surface area contributed by atoms with E-state index in [2.05, 4.69) is 4.90 Å². The second kappa shape index (κ2) is 8.19. The van der Waals surface area contributed by atoms with Crippen LogP contribution in [0.5, 0.6) is 0 Å². The summed E-state index contributed by atoms with van der Waals surface area (Å²) in [6.45, 7) is 8.11. The van der Waals surface area contributed by atoms with Crippen molar-refractivity contribution in [3.8, 4) is 0 Å². The van der Waals surface area contributed by atoms with Crippen molar-refractivity contribution in [1.29, 1.82) is 0 Å². The van der Waals surface area contributed by atoms with Crippen LogP contribution < -0.4 is 0 Å². The Hall–Kier alpha value is -0.770. The molecule has 1 amide bonds. The van der Waals surface area contributed by atoms with Crippen molar-refractivity contribution in [1.82, 2.24) is 9.80 Å². The SMILES string of the molecule is CCN(CC)C(=O)[C@@H]1CCCN(Cc2c(Cl)cccc2Cl)C1. The van der Waals surface area contributed by atoms with Crippen molar-refractivity contribution in [3.63, 3.8) is 0 Å². The van der Waals surface area contributed by atoms with Crippen LogP contribution in [0.1, 0.15) is 32.3 Å². The van der Waals surface area contributed by atoms with Crippen LogP contribution in [-0.2, 0) is 11.3 Å². The molecule has 0 unspecified atom stereocenters. The molecule has 0 N–H and O–H groups in total. The molecular formula is C17H24Cl2N2O. The van der Waals surface area contributed by atoms with E-state index in [0.29, 0.717) is 16.6 Å². The minimum absolute atomic E-state index is 0.0925. The number of carbonyl (C=O) groups excluding carboxylic acids is 1. The van der Waals surface area contributed by atoms with Gasteiger partial charge >= 0.3 is 0 Å². The number of likely N-dealkylation sites (tertiary alicyclic amines) is 1. The molecule has 3 nitrogen and oxygen atoms in total. The summed E-state index contributed by atoms with van der Waals surface area (Å²) in [5, 5.41) is 1.40. The molecular weight excluding hydrogens is 319 g/mol. The molecule has 1 aliphatic heterocycles. The van der Waals surface area contributed by atoms with E-state index >= 15 is 0 Å². The first-order valence-electron chi connectivity index (χ1n) is 8.00. The molecule has 0 saturated carbocycles. The van der Waals surface area contributed by atoms with Crippen molar-refractivity contribution in [2.75, 3.05) is 26.2 Å². The topological polar surface area (TPSA) is 23.6 Å². The maximum atomic E-state index is 12.5. The number of amides is 1. The lowest BCUT2D eigenvalue weighted by Crippen LogP contribution is -2.44. The molecule has 0 aromatic heterocycles. The minimum Gasteiger partial charge on any atom is -0.343 e. The molecule has 122 valence electrons. The Morgan fingerprint density at radius 2 is 1.91 bits per heavy atom. The summed E-state index contributed by atoms with van der Waals surface area (Å²) in [5.74, 6) is 0.370. The highest BCUT2D eigenvalue weighted by Gasteiger charge is 2.28. The Bertz CT molecular complexity index is 497. The van der Waals surface area contributed by atoms with E-state index in [1.807, 2.05) is 36.9 Å². The molecule has 1 aromatic rings. The van der Waals surface area contributed by atoms with Crippen LogP contribution in [-0.4, -0.2) is 41.9 Å². The molecule has 0 radical (unpaired) electrons. The van der Waals surface area contributed by atoms with Crippen molar-refractivity contribution >= 4 is 29.1 Å². The first kappa shape index (κ1) is 17.6. The summed E-state index contributed by atoms with van der Waals surface area (Å²) in [5.41, 5.74) is 0.960. The number of benzene rings is 1. The summed E-state index contributed by atoms with van der Waals surface area (Å²) in [6, 6.07) is 5.59. The Kier molecular flexibility index (Phi) is 6.54. The van der Waals surface area contributed by atoms with Crippen LogP contribution in [0.3, 0.4) is 0 Å². The van der Waals surface area contributed by atoms with Gasteiger partial charge in [0.05, 0.1) is 5.92 Å². The molecule has 5 heteroatoms. The van der Waals surface area contributed by atoms with Gasteiger partial charge in [-0.25, -0.2) is 0 Å². The van der Waals surface area contributed by atoms with Gasteiger partial charge in [-0.3, -0.25) is 9.69 Å². The van der Waals surface area contributed by atoms with Gasteiger partial charge in [0, 0.05) is 41.8 Å². The molecule has 2 rings (SSSR count). The monoisotopic (exact) mass is 342 g/mol. The zero-order valence-electron chi connectivity index (χ0n) is 13.3. The third-order valence-corrected chi connectivity index (χ3v) is 5.08. The lowest BCUT2D eigenvalue weighted by atomic mass is 9.96. The number of carbonyl (C=O) groups is 1. The van der Waals surface area contributed by atoms with Crippen LogP contribution in [0.2, 0.25) is 10.0 Å². The molecule has 1 fully saturated rings. The molecule has 0 bridgehead atoms. The van der Waals surface area contributed by atoms with Gasteiger partial charge in [0.1, 0.15) is 0 Å². The quantitative estimate of drug-likeness (QED) is 0.804. The average Bonchev–Trinajstić information content (AvgIpc) is 2.52. The Morgan fingerprint density at radius 1 is 1.27 bits per heavy atom. The lowest BCUT2D eigenvalue weighted by molar-refractivity contribution is -0.137. The Balaban J connectivity index is 2.03. The van der Waals surface area contributed by atoms with E-state index in [1.165, 1.54) is 0 Å². The molecule has 0 spiro atoms. The third-order valence-electron chi connectivity index (χ3n) is 4.37. The van der Waals surface area contributed by atoms with Crippen molar-refractivity contribution in [2.24, 2.45) is 5.92 Å². The van der Waals surface area contributed by atoms with Crippen LogP contribution in [0, 0.1) is 5.92 Å². The standard InChI is InChI=1S/C17H24Cl2N2O/c1-3-21(4-2)17(22)13-7-6-10-20(11-13)12-14-15(18)8-5-9-16(14)19/h5,8-9,13H,3-4,6-7,10-12H2,1-2H3/t13-/m1/s1. The molecule has 1 atom stereocenters. The second-order valence-corrected chi connectivity index (χ2v) is 6.60. The first-order chi connectivity index (χ1) is 10.6. The summed E-state index contributed by atoms with van der Waals surface area (Å²) >= 11 is 12.5. The van der Waals surface area contributed by atoms with Gasteiger partial charge in [0.2, 0.25) is 5.91 Å². The molecule has 1 heterocycles. The number of halogens is 2. The van der Waals surface area contributed by atoms with Crippen molar-refractivity contribution in [3.05, 3.63) is 33.8 Å². The van der Waals surface area contributed by atoms with E-state index in [4.69, 9.17) is 23.2 Å². The molecule has 1 aromatic carbocycles. The van der Waals surface area contributed by atoms with Gasteiger partial charge in [0.15, 0.2) is 0 Å². The molecule has 1 aliphatic rings. The maximum Gasteiger partial charge on any atom is 0.226 e. The van der Waals surface area contributed by atoms with Crippen LogP contribution in [0.25, 0.3) is 0 Å². The summed E-state index contributed by atoms with van der Waals surface area (Å²) in [7, 11) is 0. The van der Waals surface area contributed by atoms with Crippen molar-refractivity contribution in [2.45, 2.75) is 33.2 Å². The minimum atomic E-state index is 0.0925. The molecule has 1 saturated heterocycles. The Morgan fingerprint density at radius 3 is 2.50 bits per heavy atom. The predicted molar refractivity (Wildman–Crippen MR) is 92.4 cm³/mol. The largest absolute Gasteiger partial charge is 0.343 e.